The van der Waals surface area contributed by atoms with Crippen molar-refractivity contribution in [3.05, 3.63) is 45.4 Å². The van der Waals surface area contributed by atoms with Crippen LogP contribution in [0.4, 0.5) is 5.69 Å². The van der Waals surface area contributed by atoms with E-state index in [-0.39, 0.29) is 11.7 Å². The SMILES string of the molecule is CCS(=O)(=O)Nc1ccc(C(=O)NCc2nc3c(s2)CCCC3)cc1. The second kappa shape index (κ2) is 7.53. The minimum atomic E-state index is -3.31. The van der Waals surface area contributed by atoms with Gasteiger partial charge in [-0.3, -0.25) is 9.52 Å². The number of nitrogens with one attached hydrogen (secondary N) is 2. The quantitative estimate of drug-likeness (QED) is 0.808. The number of hydrogen-bond donors (Lipinski definition) is 2. The fraction of sp³-hybridized carbons (Fsp3) is 0.412. The molecule has 0 saturated heterocycles. The van der Waals surface area contributed by atoms with Gasteiger partial charge in [-0.05, 0) is 56.9 Å². The van der Waals surface area contributed by atoms with Gasteiger partial charge in [-0.25, -0.2) is 13.4 Å². The fourth-order valence-electron chi connectivity index (χ4n) is 2.68. The van der Waals surface area contributed by atoms with E-state index in [4.69, 9.17) is 0 Å². The van der Waals surface area contributed by atoms with Crippen LogP contribution < -0.4 is 10.0 Å². The molecule has 134 valence electrons. The lowest BCUT2D eigenvalue weighted by Gasteiger charge is -2.07. The van der Waals surface area contributed by atoms with Crippen LogP contribution in [-0.4, -0.2) is 25.1 Å². The van der Waals surface area contributed by atoms with E-state index in [9.17, 15) is 13.2 Å². The molecule has 0 aliphatic heterocycles. The molecule has 1 aliphatic carbocycles. The first-order valence-electron chi connectivity index (χ1n) is 8.33. The summed E-state index contributed by atoms with van der Waals surface area (Å²) in [5.41, 5.74) is 2.12. The van der Waals surface area contributed by atoms with Gasteiger partial charge in [0.2, 0.25) is 10.0 Å². The number of anilines is 1. The highest BCUT2D eigenvalue weighted by Crippen LogP contribution is 2.26. The van der Waals surface area contributed by atoms with Gasteiger partial charge < -0.3 is 5.32 Å². The van der Waals surface area contributed by atoms with Crippen molar-refractivity contribution >= 4 is 33.0 Å². The number of amides is 1. The first-order valence-corrected chi connectivity index (χ1v) is 10.8. The Morgan fingerprint density at radius 3 is 2.60 bits per heavy atom. The van der Waals surface area contributed by atoms with E-state index < -0.39 is 10.0 Å². The summed E-state index contributed by atoms with van der Waals surface area (Å²) in [4.78, 5) is 18.2. The van der Waals surface area contributed by atoms with Crippen molar-refractivity contribution in [3.63, 3.8) is 0 Å². The summed E-state index contributed by atoms with van der Waals surface area (Å²) in [7, 11) is -3.31. The molecule has 1 amide bonds. The van der Waals surface area contributed by atoms with Crippen molar-refractivity contribution in [3.8, 4) is 0 Å². The van der Waals surface area contributed by atoms with Crippen molar-refractivity contribution < 1.29 is 13.2 Å². The molecule has 2 N–H and O–H groups in total. The minimum Gasteiger partial charge on any atom is -0.346 e. The van der Waals surface area contributed by atoms with Crippen LogP contribution in [-0.2, 0) is 29.4 Å². The van der Waals surface area contributed by atoms with Gasteiger partial charge in [-0.2, -0.15) is 0 Å². The Labute approximate surface area is 151 Å². The van der Waals surface area contributed by atoms with Crippen LogP contribution in [0.2, 0.25) is 0 Å². The molecule has 0 bridgehead atoms. The number of aryl methyl sites for hydroxylation is 2. The van der Waals surface area contributed by atoms with Gasteiger partial charge in [0, 0.05) is 16.1 Å². The number of sulfonamides is 1. The van der Waals surface area contributed by atoms with Gasteiger partial charge in [-0.1, -0.05) is 0 Å². The third kappa shape index (κ3) is 4.58. The largest absolute Gasteiger partial charge is 0.346 e. The van der Waals surface area contributed by atoms with Crippen LogP contribution >= 0.6 is 11.3 Å². The molecule has 0 unspecified atom stereocenters. The summed E-state index contributed by atoms with van der Waals surface area (Å²) in [5.74, 6) is -0.189. The molecule has 1 heterocycles. The molecule has 1 aromatic heterocycles. The number of thiazole rings is 1. The summed E-state index contributed by atoms with van der Waals surface area (Å²) < 4.78 is 25.5. The smallest absolute Gasteiger partial charge is 0.251 e. The van der Waals surface area contributed by atoms with Crippen molar-refractivity contribution in [1.82, 2.24) is 10.3 Å². The van der Waals surface area contributed by atoms with E-state index in [2.05, 4.69) is 15.0 Å². The number of rotatable bonds is 6. The molecule has 0 atom stereocenters. The van der Waals surface area contributed by atoms with Gasteiger partial charge in [0.05, 0.1) is 18.0 Å². The Balaban J connectivity index is 1.58. The molecule has 25 heavy (non-hydrogen) atoms. The first kappa shape index (κ1) is 17.9. The number of hydrogen-bond acceptors (Lipinski definition) is 5. The van der Waals surface area contributed by atoms with Gasteiger partial charge >= 0.3 is 0 Å². The number of carbonyl (C=O) groups excluding carboxylic acids is 1. The highest BCUT2D eigenvalue weighted by Gasteiger charge is 2.15. The zero-order valence-electron chi connectivity index (χ0n) is 14.0. The second-order valence-corrected chi connectivity index (χ2v) is 9.13. The van der Waals surface area contributed by atoms with Crippen molar-refractivity contribution in [1.29, 1.82) is 0 Å². The summed E-state index contributed by atoms with van der Waals surface area (Å²) in [5, 5.41) is 3.81. The maximum atomic E-state index is 12.2. The van der Waals surface area contributed by atoms with Crippen LogP contribution in [0.3, 0.4) is 0 Å². The lowest BCUT2D eigenvalue weighted by atomic mass is 10.0. The number of fused-ring (bicyclic) bond motifs is 1. The van der Waals surface area contributed by atoms with Gasteiger partial charge in [0.15, 0.2) is 0 Å². The molecular weight excluding hydrogens is 358 g/mol. The Bertz CT molecular complexity index is 834. The normalized spacial score (nSPS) is 14.0. The molecule has 0 spiro atoms. The maximum Gasteiger partial charge on any atom is 0.251 e. The van der Waals surface area contributed by atoms with Gasteiger partial charge in [0.25, 0.3) is 5.91 Å². The van der Waals surface area contributed by atoms with E-state index in [1.807, 2.05) is 0 Å². The summed E-state index contributed by atoms with van der Waals surface area (Å²) in [6, 6.07) is 6.39. The van der Waals surface area contributed by atoms with E-state index in [0.29, 0.717) is 17.8 Å². The molecular formula is C17H21N3O3S2. The molecule has 1 aliphatic rings. The molecule has 8 heteroatoms. The van der Waals surface area contributed by atoms with Gasteiger partial charge in [0.1, 0.15) is 5.01 Å². The topological polar surface area (TPSA) is 88.2 Å². The highest BCUT2D eigenvalue weighted by molar-refractivity contribution is 7.92. The predicted octanol–water partition coefficient (Wildman–Crippen LogP) is 2.71. The average molecular weight is 380 g/mol. The van der Waals surface area contributed by atoms with E-state index in [0.717, 1.165) is 17.8 Å². The molecule has 6 nitrogen and oxygen atoms in total. The first-order chi connectivity index (χ1) is 12.0. The van der Waals surface area contributed by atoms with E-state index in [1.165, 1.54) is 23.4 Å². The van der Waals surface area contributed by atoms with E-state index in [1.54, 1.807) is 42.5 Å². The Kier molecular flexibility index (Phi) is 5.39. The lowest BCUT2D eigenvalue weighted by molar-refractivity contribution is 0.0951. The van der Waals surface area contributed by atoms with Crippen LogP contribution in [0.1, 0.15) is 45.7 Å². The van der Waals surface area contributed by atoms with Gasteiger partial charge in [-0.15, -0.1) is 11.3 Å². The minimum absolute atomic E-state index is 0.00697. The molecule has 0 saturated carbocycles. The maximum absolute atomic E-state index is 12.2. The fourth-order valence-corrected chi connectivity index (χ4v) is 4.42. The number of carbonyl (C=O) groups is 1. The highest BCUT2D eigenvalue weighted by atomic mass is 32.2. The molecule has 0 fully saturated rings. The van der Waals surface area contributed by atoms with Crippen LogP contribution in [0.25, 0.3) is 0 Å². The molecule has 3 rings (SSSR count). The monoisotopic (exact) mass is 379 g/mol. The standard InChI is InChI=1S/C17H21N3O3S2/c1-2-25(22,23)20-13-9-7-12(8-10-13)17(21)18-11-16-19-14-5-3-4-6-15(14)24-16/h7-10,20H,2-6,11H2,1H3,(H,18,21). The van der Waals surface area contributed by atoms with Crippen molar-refractivity contribution in [2.75, 3.05) is 10.5 Å². The second-order valence-electron chi connectivity index (χ2n) is 5.95. The summed E-state index contributed by atoms with van der Waals surface area (Å²) >= 11 is 1.68. The number of nitrogens with zero attached hydrogens (tertiary/aromatic N) is 1. The lowest BCUT2D eigenvalue weighted by Crippen LogP contribution is -2.22. The molecule has 0 radical (unpaired) electrons. The van der Waals surface area contributed by atoms with Crippen molar-refractivity contribution in [2.45, 2.75) is 39.2 Å². The number of benzene rings is 1. The summed E-state index contributed by atoms with van der Waals surface area (Å²) in [6.07, 6.45) is 4.54. The third-order valence-corrected chi connectivity index (χ3v) is 6.55. The zero-order chi connectivity index (χ0) is 17.9. The zero-order valence-corrected chi connectivity index (χ0v) is 15.7. The van der Waals surface area contributed by atoms with Crippen molar-refractivity contribution in [2.24, 2.45) is 0 Å². The Hall–Kier alpha value is -1.93. The Morgan fingerprint density at radius 2 is 1.92 bits per heavy atom. The van der Waals surface area contributed by atoms with E-state index >= 15 is 0 Å². The number of aromatic nitrogens is 1. The predicted molar refractivity (Wildman–Crippen MR) is 99.5 cm³/mol. The third-order valence-electron chi connectivity index (χ3n) is 4.09. The molecule has 1 aromatic carbocycles. The van der Waals surface area contributed by atoms with Crippen LogP contribution in [0, 0.1) is 0 Å². The summed E-state index contributed by atoms with van der Waals surface area (Å²) in [6.45, 7) is 1.99. The average Bonchev–Trinajstić information content (AvgIpc) is 3.03. The molecule has 2 aromatic rings. The Morgan fingerprint density at radius 1 is 1.20 bits per heavy atom. The van der Waals surface area contributed by atoms with Crippen LogP contribution in [0.5, 0.6) is 0 Å². The van der Waals surface area contributed by atoms with Crippen LogP contribution in [0.15, 0.2) is 24.3 Å².